The van der Waals surface area contributed by atoms with Crippen molar-refractivity contribution < 1.29 is 22.7 Å². The van der Waals surface area contributed by atoms with Crippen LogP contribution < -0.4 is 14.8 Å². The van der Waals surface area contributed by atoms with Gasteiger partial charge in [0, 0.05) is 17.6 Å². The van der Waals surface area contributed by atoms with Gasteiger partial charge >= 0.3 is 0 Å². The Labute approximate surface area is 186 Å². The third-order valence-electron chi connectivity index (χ3n) is 6.60. The van der Waals surface area contributed by atoms with Gasteiger partial charge in [-0.15, -0.1) is 0 Å². The molecular weight excluding hydrogens is 416 g/mol. The van der Waals surface area contributed by atoms with Crippen LogP contribution in [0.1, 0.15) is 61.1 Å². The molecule has 0 aromatic heterocycles. The summed E-state index contributed by atoms with van der Waals surface area (Å²) in [4.78, 5) is 10.8. The molecule has 31 heavy (non-hydrogen) atoms. The highest BCUT2D eigenvalue weighted by Gasteiger charge is 2.30. The fourth-order valence-corrected chi connectivity index (χ4v) is 5.70. The lowest BCUT2D eigenvalue weighted by atomic mass is 9.80. The number of aryl methyl sites for hydroxylation is 1. The van der Waals surface area contributed by atoms with Crippen LogP contribution in [-0.2, 0) is 19.6 Å². The molecule has 2 fully saturated rings. The van der Waals surface area contributed by atoms with Crippen LogP contribution in [0, 0.1) is 13.8 Å². The molecule has 1 aromatic carbocycles. The molecular formula is C23H36N2O5S. The summed E-state index contributed by atoms with van der Waals surface area (Å²) in [5.74, 6) is 1.22. The highest BCUT2D eigenvalue weighted by Crippen LogP contribution is 2.41. The number of hydrogen-bond donors (Lipinski definition) is 2. The predicted octanol–water partition coefficient (Wildman–Crippen LogP) is 2.59. The molecule has 3 rings (SSSR count). The summed E-state index contributed by atoms with van der Waals surface area (Å²) in [6.45, 7) is 5.71. The number of rotatable bonds is 9. The molecule has 0 bridgehead atoms. The Morgan fingerprint density at radius 1 is 1.16 bits per heavy atom. The maximum absolute atomic E-state index is 11.7. The summed E-state index contributed by atoms with van der Waals surface area (Å²) >= 11 is 0. The van der Waals surface area contributed by atoms with Crippen LogP contribution in [0.4, 0.5) is 0 Å². The number of aldehydes is 1. The van der Waals surface area contributed by atoms with Gasteiger partial charge in [-0.2, -0.15) is 0 Å². The average molecular weight is 453 g/mol. The third kappa shape index (κ3) is 6.75. The quantitative estimate of drug-likeness (QED) is 0.560. The number of carbonyl (C=O) groups is 1. The maximum Gasteiger partial charge on any atom is 0.209 e. The minimum Gasteiger partial charge on any atom is -0.486 e. The van der Waals surface area contributed by atoms with Crippen molar-refractivity contribution >= 4 is 16.3 Å². The first-order valence-corrected chi connectivity index (χ1v) is 13.2. The molecule has 0 unspecified atom stereocenters. The lowest BCUT2D eigenvalue weighted by molar-refractivity contribution is -0.109. The smallest absolute Gasteiger partial charge is 0.209 e. The van der Waals surface area contributed by atoms with Gasteiger partial charge in [0.15, 0.2) is 6.29 Å². The van der Waals surface area contributed by atoms with Crippen molar-refractivity contribution in [2.75, 3.05) is 26.0 Å². The molecule has 1 aliphatic heterocycles. The molecule has 1 saturated heterocycles. The van der Waals surface area contributed by atoms with E-state index >= 15 is 0 Å². The highest BCUT2D eigenvalue weighted by molar-refractivity contribution is 7.88. The monoisotopic (exact) mass is 452 g/mol. The molecule has 174 valence electrons. The summed E-state index contributed by atoms with van der Waals surface area (Å²) in [5.41, 5.74) is 3.71. The molecule has 1 heterocycles. The molecule has 0 amide bonds. The lowest BCUT2D eigenvalue weighted by Gasteiger charge is -2.35. The summed E-state index contributed by atoms with van der Waals surface area (Å²) in [6, 6.07) is 3.91. The van der Waals surface area contributed by atoms with E-state index in [4.69, 9.17) is 9.47 Å². The van der Waals surface area contributed by atoms with Gasteiger partial charge in [-0.3, -0.25) is 4.79 Å². The van der Waals surface area contributed by atoms with Crippen molar-refractivity contribution in [1.82, 2.24) is 10.0 Å². The van der Waals surface area contributed by atoms with E-state index in [1.54, 1.807) is 0 Å². The number of carbonyl (C=O) groups excluding carboxylic acids is 1. The molecule has 7 nitrogen and oxygen atoms in total. The van der Waals surface area contributed by atoms with Crippen LogP contribution in [0.3, 0.4) is 0 Å². The zero-order valence-corrected chi connectivity index (χ0v) is 19.7. The second-order valence-electron chi connectivity index (χ2n) is 8.90. The van der Waals surface area contributed by atoms with E-state index in [9.17, 15) is 13.2 Å². The minimum atomic E-state index is -3.24. The Morgan fingerprint density at radius 2 is 1.90 bits per heavy atom. The zero-order valence-electron chi connectivity index (χ0n) is 18.9. The maximum atomic E-state index is 11.7. The molecule has 1 aromatic rings. The highest BCUT2D eigenvalue weighted by atomic mass is 32.2. The first kappa shape index (κ1) is 24.2. The SMILES string of the molecule is Cc1ccc(OCC=O)c(C2CCC(OC[C@@H]3NCCC[C@@H]3NS(C)(=O)=O)CC2)c1C. The number of hydrogen-bond acceptors (Lipinski definition) is 6. The summed E-state index contributed by atoms with van der Waals surface area (Å²) in [6.07, 6.45) is 7.91. The second kappa shape index (κ2) is 10.9. The van der Waals surface area contributed by atoms with Crippen molar-refractivity contribution in [1.29, 1.82) is 0 Å². The van der Waals surface area contributed by atoms with Gasteiger partial charge in [-0.25, -0.2) is 13.1 Å². The van der Waals surface area contributed by atoms with Crippen molar-refractivity contribution in [3.05, 3.63) is 28.8 Å². The van der Waals surface area contributed by atoms with Crippen LogP contribution in [0.5, 0.6) is 5.75 Å². The molecule has 2 N–H and O–H groups in total. The Kier molecular flexibility index (Phi) is 8.50. The molecule has 0 spiro atoms. The van der Waals surface area contributed by atoms with Crippen LogP contribution in [0.25, 0.3) is 0 Å². The van der Waals surface area contributed by atoms with E-state index < -0.39 is 10.0 Å². The fourth-order valence-electron chi connectivity index (χ4n) is 4.87. The largest absolute Gasteiger partial charge is 0.486 e. The number of sulfonamides is 1. The van der Waals surface area contributed by atoms with Crippen LogP contribution in [0.2, 0.25) is 0 Å². The minimum absolute atomic E-state index is 0.00330. The average Bonchev–Trinajstić information content (AvgIpc) is 2.73. The van der Waals surface area contributed by atoms with Crippen molar-refractivity contribution in [3.8, 4) is 5.75 Å². The van der Waals surface area contributed by atoms with E-state index in [-0.39, 0.29) is 24.8 Å². The molecule has 1 aliphatic carbocycles. The summed E-state index contributed by atoms with van der Waals surface area (Å²) < 4.78 is 38.0. The standard InChI is InChI=1S/C23H36N2O5S/c1-16-6-11-22(29-14-13-26)23(17(16)2)18-7-9-19(10-8-18)30-15-21-20(5-4-12-24-21)25-31(3,27)28/h6,11,13,18-21,24-25H,4-5,7-10,12,14-15H2,1-3H3/t18?,19?,20-,21-/m0/s1. The van der Waals surface area contributed by atoms with Gasteiger partial charge in [-0.1, -0.05) is 6.07 Å². The normalized spacial score (nSPS) is 27.1. The van der Waals surface area contributed by atoms with Gasteiger partial charge in [0.2, 0.25) is 10.0 Å². The Balaban J connectivity index is 1.56. The predicted molar refractivity (Wildman–Crippen MR) is 121 cm³/mol. The summed E-state index contributed by atoms with van der Waals surface area (Å²) in [5, 5.41) is 3.41. The second-order valence-corrected chi connectivity index (χ2v) is 10.7. The van der Waals surface area contributed by atoms with Crippen LogP contribution in [-0.4, -0.2) is 58.9 Å². The van der Waals surface area contributed by atoms with Crippen LogP contribution >= 0.6 is 0 Å². The van der Waals surface area contributed by atoms with Gasteiger partial charge < -0.3 is 14.8 Å². The number of nitrogens with one attached hydrogen (secondary N) is 2. The number of ether oxygens (including phenoxy) is 2. The first-order valence-electron chi connectivity index (χ1n) is 11.3. The van der Waals surface area contributed by atoms with Crippen molar-refractivity contribution in [2.45, 2.75) is 76.5 Å². The topological polar surface area (TPSA) is 93.7 Å². The Morgan fingerprint density at radius 3 is 2.58 bits per heavy atom. The van der Waals surface area contributed by atoms with E-state index in [2.05, 4.69) is 23.9 Å². The van der Waals surface area contributed by atoms with Gasteiger partial charge in [0.1, 0.15) is 12.4 Å². The van der Waals surface area contributed by atoms with E-state index in [0.717, 1.165) is 57.1 Å². The Bertz CT molecular complexity index is 850. The fraction of sp³-hybridized carbons (Fsp3) is 0.696. The van der Waals surface area contributed by atoms with E-state index in [1.807, 2.05) is 12.1 Å². The first-order chi connectivity index (χ1) is 14.8. The van der Waals surface area contributed by atoms with Crippen molar-refractivity contribution in [3.63, 3.8) is 0 Å². The number of piperidine rings is 1. The Hall–Kier alpha value is -1.48. The molecule has 8 heteroatoms. The van der Waals surface area contributed by atoms with Gasteiger partial charge in [-0.05, 0) is 82.0 Å². The third-order valence-corrected chi connectivity index (χ3v) is 7.33. The van der Waals surface area contributed by atoms with E-state index in [1.165, 1.54) is 22.9 Å². The zero-order chi connectivity index (χ0) is 22.4. The molecule has 0 radical (unpaired) electrons. The lowest BCUT2D eigenvalue weighted by Crippen LogP contribution is -2.55. The molecule has 2 atom stereocenters. The molecule has 1 saturated carbocycles. The van der Waals surface area contributed by atoms with Gasteiger partial charge in [0.05, 0.1) is 19.0 Å². The molecule has 2 aliphatic rings. The van der Waals surface area contributed by atoms with Gasteiger partial charge in [0.25, 0.3) is 0 Å². The van der Waals surface area contributed by atoms with E-state index in [0.29, 0.717) is 12.5 Å². The summed E-state index contributed by atoms with van der Waals surface area (Å²) in [7, 11) is -3.24. The number of benzene rings is 1. The van der Waals surface area contributed by atoms with Crippen LogP contribution in [0.15, 0.2) is 12.1 Å². The van der Waals surface area contributed by atoms with Crippen molar-refractivity contribution in [2.24, 2.45) is 0 Å².